The van der Waals surface area contributed by atoms with Crippen LogP contribution in [0.25, 0.3) is 0 Å². The van der Waals surface area contributed by atoms with Crippen LogP contribution in [0.4, 0.5) is 0 Å². The second-order valence-corrected chi connectivity index (χ2v) is 9.73. The first-order valence-corrected chi connectivity index (χ1v) is 11.0. The molecule has 166 valence electrons. The largest absolute Gasteiger partial charge is 0.463 e. The van der Waals surface area contributed by atoms with Gasteiger partial charge in [-0.3, -0.25) is 4.79 Å². The quantitative estimate of drug-likeness (QED) is 0.379. The highest BCUT2D eigenvalue weighted by molar-refractivity contribution is 5.91. The van der Waals surface area contributed by atoms with Gasteiger partial charge in [-0.25, -0.2) is 9.59 Å². The maximum absolute atomic E-state index is 12.9. The van der Waals surface area contributed by atoms with Gasteiger partial charge in [-0.2, -0.15) is 0 Å². The van der Waals surface area contributed by atoms with Crippen LogP contribution in [0, 0.1) is 22.7 Å². The molecule has 1 heterocycles. The molecule has 1 saturated heterocycles. The van der Waals surface area contributed by atoms with E-state index < -0.39 is 18.0 Å². The molecule has 1 saturated carbocycles. The van der Waals surface area contributed by atoms with Gasteiger partial charge in [-0.15, -0.1) is 0 Å². The molecule has 0 aromatic rings. The first kappa shape index (κ1) is 22.6. The summed E-state index contributed by atoms with van der Waals surface area (Å²) in [5, 5.41) is 0. The highest BCUT2D eigenvalue weighted by Gasteiger charge is 2.55. The number of allylic oxidation sites excluding steroid dienone is 1. The molecule has 6 heteroatoms. The summed E-state index contributed by atoms with van der Waals surface area (Å²) in [4.78, 5) is 36.4. The molecule has 0 spiro atoms. The number of hydrogen-bond acceptors (Lipinski definition) is 6. The zero-order chi connectivity index (χ0) is 22.1. The lowest BCUT2D eigenvalue weighted by molar-refractivity contribution is -0.155. The average Bonchev–Trinajstić information content (AvgIpc) is 2.65. The Morgan fingerprint density at radius 3 is 2.63 bits per heavy atom. The normalized spacial score (nSPS) is 32.8. The number of fused-ring (bicyclic) bond motifs is 3. The number of esters is 3. The second kappa shape index (κ2) is 8.56. The molecular weight excluding hydrogens is 384 g/mol. The summed E-state index contributed by atoms with van der Waals surface area (Å²) in [6.45, 7) is 10.2. The molecule has 0 amide bonds. The summed E-state index contributed by atoms with van der Waals surface area (Å²) in [6.07, 6.45) is 7.67. The molecule has 0 bridgehead atoms. The van der Waals surface area contributed by atoms with Crippen LogP contribution in [-0.4, -0.2) is 37.2 Å². The molecular formula is C24H34O6. The number of ether oxygens (including phenoxy) is 3. The molecule has 2 fully saturated rings. The second-order valence-electron chi connectivity index (χ2n) is 9.73. The zero-order valence-electron chi connectivity index (χ0n) is 18.8. The van der Waals surface area contributed by atoms with Crippen LogP contribution in [-0.2, 0) is 28.6 Å². The topological polar surface area (TPSA) is 78.9 Å². The van der Waals surface area contributed by atoms with E-state index in [1.165, 1.54) is 19.4 Å². The Morgan fingerprint density at radius 2 is 1.97 bits per heavy atom. The third-order valence-electron chi connectivity index (χ3n) is 7.40. The van der Waals surface area contributed by atoms with Crippen molar-refractivity contribution in [3.05, 3.63) is 23.3 Å². The third-order valence-corrected chi connectivity index (χ3v) is 7.40. The Morgan fingerprint density at radius 1 is 1.23 bits per heavy atom. The highest BCUT2D eigenvalue weighted by atomic mass is 16.6. The Balaban J connectivity index is 1.92. The smallest absolute Gasteiger partial charge is 0.334 e. The van der Waals surface area contributed by atoms with Gasteiger partial charge in [-0.1, -0.05) is 33.3 Å². The van der Waals surface area contributed by atoms with E-state index in [1.54, 1.807) is 6.92 Å². The van der Waals surface area contributed by atoms with Gasteiger partial charge < -0.3 is 14.2 Å². The number of cyclic esters (lactones) is 1. The molecule has 6 nitrogen and oxygen atoms in total. The van der Waals surface area contributed by atoms with Crippen molar-refractivity contribution in [3.63, 3.8) is 0 Å². The van der Waals surface area contributed by atoms with Crippen molar-refractivity contribution < 1.29 is 28.6 Å². The van der Waals surface area contributed by atoms with E-state index in [0.717, 1.165) is 24.8 Å². The summed E-state index contributed by atoms with van der Waals surface area (Å²) >= 11 is 0. The molecule has 0 aromatic heterocycles. The van der Waals surface area contributed by atoms with E-state index in [9.17, 15) is 14.4 Å². The van der Waals surface area contributed by atoms with Crippen molar-refractivity contribution in [1.29, 1.82) is 0 Å². The first-order chi connectivity index (χ1) is 14.1. The Kier molecular flexibility index (Phi) is 6.44. The van der Waals surface area contributed by atoms with E-state index in [-0.39, 0.29) is 35.9 Å². The van der Waals surface area contributed by atoms with Crippen molar-refractivity contribution in [3.8, 4) is 0 Å². The summed E-state index contributed by atoms with van der Waals surface area (Å²) in [5.41, 5.74) is 1.45. The van der Waals surface area contributed by atoms with Gasteiger partial charge in [0.2, 0.25) is 0 Å². The van der Waals surface area contributed by atoms with Gasteiger partial charge in [0.25, 0.3) is 0 Å². The lowest BCUT2D eigenvalue weighted by atomic mass is 9.47. The predicted octanol–water partition coefficient (Wildman–Crippen LogP) is 4.13. The number of hydrogen-bond donors (Lipinski definition) is 0. The van der Waals surface area contributed by atoms with Gasteiger partial charge in [0.1, 0.15) is 12.7 Å². The average molecular weight is 419 g/mol. The summed E-state index contributed by atoms with van der Waals surface area (Å²) in [7, 11) is 0. The monoisotopic (exact) mass is 418 g/mol. The fraction of sp³-hybridized carbons (Fsp3) is 0.708. The van der Waals surface area contributed by atoms with Crippen LogP contribution in [0.2, 0.25) is 0 Å². The summed E-state index contributed by atoms with van der Waals surface area (Å²) in [5.74, 6) is -0.748. The fourth-order valence-corrected chi connectivity index (χ4v) is 5.97. The molecule has 30 heavy (non-hydrogen) atoms. The van der Waals surface area contributed by atoms with Crippen LogP contribution in [0.3, 0.4) is 0 Å². The van der Waals surface area contributed by atoms with Crippen molar-refractivity contribution >= 4 is 17.9 Å². The summed E-state index contributed by atoms with van der Waals surface area (Å²) in [6, 6.07) is 0. The lowest BCUT2D eigenvalue weighted by Gasteiger charge is -2.58. The van der Waals surface area contributed by atoms with Crippen LogP contribution >= 0.6 is 0 Å². The Labute approximate surface area is 179 Å². The predicted molar refractivity (Wildman–Crippen MR) is 111 cm³/mol. The van der Waals surface area contributed by atoms with Crippen molar-refractivity contribution in [2.24, 2.45) is 22.7 Å². The minimum Gasteiger partial charge on any atom is -0.463 e. The molecule has 3 aliphatic rings. The minimum atomic E-state index is -0.607. The SMILES string of the molecule is CCOC(=O)/C=C(/COC(C)=O)[C@@H]1C[C@H]2C(=CC[C@H]3C(C)(C)CCC[C@]23C)C(=O)O1. The van der Waals surface area contributed by atoms with E-state index in [1.807, 2.05) is 0 Å². The Hall–Kier alpha value is -2.11. The van der Waals surface area contributed by atoms with Crippen molar-refractivity contribution in [1.82, 2.24) is 0 Å². The molecule has 3 rings (SSSR count). The van der Waals surface area contributed by atoms with Crippen molar-refractivity contribution in [2.45, 2.75) is 72.8 Å². The zero-order valence-corrected chi connectivity index (χ0v) is 18.8. The maximum atomic E-state index is 12.9. The van der Waals surface area contributed by atoms with Gasteiger partial charge in [0.05, 0.1) is 6.61 Å². The third kappa shape index (κ3) is 4.33. The van der Waals surface area contributed by atoms with E-state index in [4.69, 9.17) is 14.2 Å². The van der Waals surface area contributed by atoms with Crippen LogP contribution < -0.4 is 0 Å². The van der Waals surface area contributed by atoms with Gasteiger partial charge >= 0.3 is 17.9 Å². The lowest BCUT2D eigenvalue weighted by Crippen LogP contribution is -2.52. The number of carbonyl (C=O) groups excluding carboxylic acids is 3. The van der Waals surface area contributed by atoms with Gasteiger partial charge in [-0.05, 0) is 49.4 Å². The van der Waals surface area contributed by atoms with Gasteiger partial charge in [0, 0.05) is 30.1 Å². The highest BCUT2D eigenvalue weighted by Crippen LogP contribution is 2.61. The van der Waals surface area contributed by atoms with E-state index in [0.29, 0.717) is 17.9 Å². The number of rotatable bonds is 5. The summed E-state index contributed by atoms with van der Waals surface area (Å²) < 4.78 is 15.9. The van der Waals surface area contributed by atoms with Crippen LogP contribution in [0.15, 0.2) is 23.3 Å². The fourth-order valence-electron chi connectivity index (χ4n) is 5.97. The Bertz CT molecular complexity index is 777. The molecule has 1 aliphatic heterocycles. The molecule has 2 aliphatic carbocycles. The maximum Gasteiger partial charge on any atom is 0.334 e. The standard InChI is InChI=1S/C24H34O6/c1-6-28-21(26)12-16(14-29-15(2)25)19-13-18-17(22(27)30-19)8-9-20-23(3,4)10-7-11-24(18,20)5/h8,12,18-20H,6-7,9-11,13-14H2,1-5H3/b16-12-/t18-,19-,20-,24+/m0/s1. The van der Waals surface area contributed by atoms with E-state index in [2.05, 4.69) is 26.8 Å². The van der Waals surface area contributed by atoms with Gasteiger partial charge in [0.15, 0.2) is 0 Å². The molecule has 0 radical (unpaired) electrons. The number of carbonyl (C=O) groups is 3. The van der Waals surface area contributed by atoms with E-state index >= 15 is 0 Å². The van der Waals surface area contributed by atoms with Crippen LogP contribution in [0.1, 0.15) is 66.7 Å². The van der Waals surface area contributed by atoms with Crippen molar-refractivity contribution in [2.75, 3.05) is 13.2 Å². The van der Waals surface area contributed by atoms with Crippen LogP contribution in [0.5, 0.6) is 0 Å². The first-order valence-electron chi connectivity index (χ1n) is 11.0. The minimum absolute atomic E-state index is 0.00000626. The molecule has 0 aromatic carbocycles. The molecule has 4 atom stereocenters. The molecule has 0 unspecified atom stereocenters. The molecule has 0 N–H and O–H groups in total.